The van der Waals surface area contributed by atoms with Gasteiger partial charge in [-0.1, -0.05) is 39.0 Å². The van der Waals surface area contributed by atoms with Crippen LogP contribution in [0.5, 0.6) is 11.5 Å². The van der Waals surface area contributed by atoms with Gasteiger partial charge in [0.2, 0.25) is 0 Å². The fourth-order valence-electron chi connectivity index (χ4n) is 2.04. The molecule has 0 unspecified atom stereocenters. The van der Waals surface area contributed by atoms with E-state index in [-0.39, 0.29) is 5.84 Å². The van der Waals surface area contributed by atoms with Crippen molar-refractivity contribution in [1.29, 1.82) is 5.41 Å². The minimum absolute atomic E-state index is 0.0191. The Hall–Kier alpha value is -1.71. The quantitative estimate of drug-likeness (QED) is 0.389. The van der Waals surface area contributed by atoms with Gasteiger partial charge in [0.1, 0.15) is 17.3 Å². The summed E-state index contributed by atoms with van der Waals surface area (Å²) in [6.45, 7) is 2.87. The summed E-state index contributed by atoms with van der Waals surface area (Å²) in [5.74, 6) is 1.36. The number of methoxy groups -OCH3 is 1. The third kappa shape index (κ3) is 5.51. The molecule has 0 saturated carbocycles. The second-order valence-corrected chi connectivity index (χ2v) is 4.89. The Morgan fingerprint density at radius 1 is 1.15 bits per heavy atom. The fourth-order valence-corrected chi connectivity index (χ4v) is 2.04. The van der Waals surface area contributed by atoms with Crippen LogP contribution in [0.4, 0.5) is 0 Å². The molecule has 4 nitrogen and oxygen atoms in total. The lowest BCUT2D eigenvalue weighted by Gasteiger charge is -2.12. The van der Waals surface area contributed by atoms with Crippen molar-refractivity contribution in [1.82, 2.24) is 0 Å². The first-order valence-corrected chi connectivity index (χ1v) is 7.34. The summed E-state index contributed by atoms with van der Waals surface area (Å²) in [5, 5.41) is 7.55. The molecule has 0 aromatic heterocycles. The molecule has 4 heteroatoms. The van der Waals surface area contributed by atoms with Crippen molar-refractivity contribution in [3.05, 3.63) is 23.8 Å². The third-order valence-electron chi connectivity index (χ3n) is 3.23. The molecule has 112 valence electrons. The number of amidine groups is 1. The van der Waals surface area contributed by atoms with E-state index in [0.717, 1.165) is 6.42 Å². The van der Waals surface area contributed by atoms with Gasteiger partial charge in [0.05, 0.1) is 19.3 Å². The first-order valence-electron chi connectivity index (χ1n) is 7.34. The molecule has 0 radical (unpaired) electrons. The standard InChI is InChI=1S/C16H26N2O2/c1-3-4-5-6-7-8-11-20-15-12-13(19-2)9-10-14(15)16(17)18/h9-10,12H,3-8,11H2,1-2H3,(H3,17,18). The van der Waals surface area contributed by atoms with E-state index < -0.39 is 0 Å². The van der Waals surface area contributed by atoms with E-state index in [1.807, 2.05) is 0 Å². The number of nitrogen functional groups attached to an aromatic ring is 1. The van der Waals surface area contributed by atoms with E-state index in [1.54, 1.807) is 25.3 Å². The number of ether oxygens (including phenoxy) is 2. The van der Waals surface area contributed by atoms with Crippen molar-refractivity contribution in [2.45, 2.75) is 45.4 Å². The van der Waals surface area contributed by atoms with Crippen LogP contribution in [0, 0.1) is 5.41 Å². The summed E-state index contributed by atoms with van der Waals surface area (Å²) in [5.41, 5.74) is 6.18. The predicted molar refractivity (Wildman–Crippen MR) is 82.9 cm³/mol. The number of nitrogens with one attached hydrogen (secondary N) is 1. The Morgan fingerprint density at radius 2 is 1.85 bits per heavy atom. The summed E-state index contributed by atoms with van der Waals surface area (Å²) in [6, 6.07) is 5.33. The highest BCUT2D eigenvalue weighted by Gasteiger charge is 2.08. The first kappa shape index (κ1) is 16.3. The average Bonchev–Trinajstić information content (AvgIpc) is 2.45. The molecular weight excluding hydrogens is 252 g/mol. The van der Waals surface area contributed by atoms with Gasteiger partial charge in [0.25, 0.3) is 0 Å². The van der Waals surface area contributed by atoms with Crippen LogP contribution in [0.3, 0.4) is 0 Å². The van der Waals surface area contributed by atoms with Gasteiger partial charge >= 0.3 is 0 Å². The van der Waals surface area contributed by atoms with Gasteiger partial charge in [0, 0.05) is 6.07 Å². The van der Waals surface area contributed by atoms with Crippen LogP contribution in [0.2, 0.25) is 0 Å². The minimum atomic E-state index is 0.0191. The molecule has 0 amide bonds. The first-order chi connectivity index (χ1) is 9.69. The Kier molecular flexibility index (Phi) is 7.55. The Morgan fingerprint density at radius 3 is 2.50 bits per heavy atom. The molecule has 0 aliphatic carbocycles. The van der Waals surface area contributed by atoms with Crippen molar-refractivity contribution in [3.8, 4) is 11.5 Å². The van der Waals surface area contributed by atoms with Crippen molar-refractivity contribution in [2.24, 2.45) is 5.73 Å². The second kappa shape index (κ2) is 9.23. The highest BCUT2D eigenvalue weighted by molar-refractivity contribution is 5.97. The fraction of sp³-hybridized carbons (Fsp3) is 0.562. The molecule has 1 rings (SSSR count). The molecule has 0 saturated heterocycles. The third-order valence-corrected chi connectivity index (χ3v) is 3.23. The maximum absolute atomic E-state index is 7.55. The number of hydrogen-bond donors (Lipinski definition) is 2. The van der Waals surface area contributed by atoms with Crippen LogP contribution in [0.25, 0.3) is 0 Å². The Labute approximate surface area is 121 Å². The highest BCUT2D eigenvalue weighted by atomic mass is 16.5. The molecule has 0 heterocycles. The molecule has 1 aromatic rings. The molecule has 0 aliphatic heterocycles. The van der Waals surface area contributed by atoms with Gasteiger partial charge in [-0.3, -0.25) is 5.41 Å². The molecule has 20 heavy (non-hydrogen) atoms. The van der Waals surface area contributed by atoms with Gasteiger partial charge in [-0.05, 0) is 18.6 Å². The zero-order chi connectivity index (χ0) is 14.8. The number of rotatable bonds is 10. The summed E-state index contributed by atoms with van der Waals surface area (Å²) in [6.07, 6.45) is 7.34. The zero-order valence-electron chi connectivity index (χ0n) is 12.6. The van der Waals surface area contributed by atoms with E-state index in [2.05, 4.69) is 6.92 Å². The van der Waals surface area contributed by atoms with Gasteiger partial charge in [0.15, 0.2) is 0 Å². The molecule has 0 bridgehead atoms. The maximum Gasteiger partial charge on any atom is 0.133 e. The smallest absolute Gasteiger partial charge is 0.133 e. The number of hydrogen-bond acceptors (Lipinski definition) is 3. The number of unbranched alkanes of at least 4 members (excludes halogenated alkanes) is 5. The van der Waals surface area contributed by atoms with E-state index >= 15 is 0 Å². The van der Waals surface area contributed by atoms with Crippen LogP contribution in [-0.2, 0) is 0 Å². The maximum atomic E-state index is 7.55. The average molecular weight is 278 g/mol. The van der Waals surface area contributed by atoms with Gasteiger partial charge in [-0.15, -0.1) is 0 Å². The van der Waals surface area contributed by atoms with Crippen LogP contribution < -0.4 is 15.2 Å². The monoisotopic (exact) mass is 278 g/mol. The summed E-state index contributed by atoms with van der Waals surface area (Å²) in [7, 11) is 1.61. The van der Waals surface area contributed by atoms with Crippen molar-refractivity contribution >= 4 is 5.84 Å². The molecule has 3 N–H and O–H groups in total. The van der Waals surface area contributed by atoms with E-state index in [4.69, 9.17) is 20.6 Å². The van der Waals surface area contributed by atoms with Crippen molar-refractivity contribution in [3.63, 3.8) is 0 Å². The zero-order valence-corrected chi connectivity index (χ0v) is 12.6. The largest absolute Gasteiger partial charge is 0.497 e. The van der Waals surface area contributed by atoms with Crippen LogP contribution >= 0.6 is 0 Å². The molecule has 0 atom stereocenters. The lowest BCUT2D eigenvalue weighted by molar-refractivity contribution is 0.301. The van der Waals surface area contributed by atoms with E-state index in [9.17, 15) is 0 Å². The van der Waals surface area contributed by atoms with Gasteiger partial charge < -0.3 is 15.2 Å². The minimum Gasteiger partial charge on any atom is -0.497 e. The van der Waals surface area contributed by atoms with E-state index in [1.165, 1.54) is 32.1 Å². The van der Waals surface area contributed by atoms with Gasteiger partial charge in [-0.25, -0.2) is 0 Å². The normalized spacial score (nSPS) is 10.3. The van der Waals surface area contributed by atoms with Crippen molar-refractivity contribution in [2.75, 3.05) is 13.7 Å². The predicted octanol–water partition coefficient (Wildman–Crippen LogP) is 3.72. The summed E-state index contributed by atoms with van der Waals surface area (Å²) < 4.78 is 10.9. The highest BCUT2D eigenvalue weighted by Crippen LogP contribution is 2.24. The summed E-state index contributed by atoms with van der Waals surface area (Å²) in [4.78, 5) is 0. The molecule has 0 aliphatic rings. The number of benzene rings is 1. The lowest BCUT2D eigenvalue weighted by atomic mass is 10.1. The second-order valence-electron chi connectivity index (χ2n) is 4.89. The summed E-state index contributed by atoms with van der Waals surface area (Å²) >= 11 is 0. The van der Waals surface area contributed by atoms with Gasteiger partial charge in [-0.2, -0.15) is 0 Å². The van der Waals surface area contributed by atoms with Crippen molar-refractivity contribution < 1.29 is 9.47 Å². The molecule has 0 fully saturated rings. The SMILES string of the molecule is CCCCCCCCOc1cc(OC)ccc1C(=N)N. The van der Waals surface area contributed by atoms with Crippen LogP contribution in [-0.4, -0.2) is 19.6 Å². The van der Waals surface area contributed by atoms with Crippen LogP contribution in [0.15, 0.2) is 18.2 Å². The Bertz CT molecular complexity index is 419. The van der Waals surface area contributed by atoms with Crippen LogP contribution in [0.1, 0.15) is 51.0 Å². The molecular formula is C16H26N2O2. The molecule has 1 aromatic carbocycles. The topological polar surface area (TPSA) is 68.3 Å². The van der Waals surface area contributed by atoms with E-state index in [0.29, 0.717) is 23.7 Å². The Balaban J connectivity index is 2.43. The molecule has 0 spiro atoms. The lowest BCUT2D eigenvalue weighted by Crippen LogP contribution is -2.13. The number of nitrogens with two attached hydrogens (primary N) is 1.